The first kappa shape index (κ1) is 9.40. The maximum absolute atomic E-state index is 9.73. The van der Waals surface area contributed by atoms with Crippen LogP contribution in [-0.4, -0.2) is 45.7 Å². The molecular weight excluding hydrogens is 170 g/mol. The van der Waals surface area contributed by atoms with Crippen LogP contribution >= 0.6 is 0 Å². The molecule has 0 unspecified atom stereocenters. The molecule has 4 nitrogen and oxygen atoms in total. The quantitative estimate of drug-likeness (QED) is 0.418. The molecule has 2 fully saturated rings. The first-order chi connectivity index (χ1) is 6.07. The van der Waals surface area contributed by atoms with Gasteiger partial charge in [-0.1, -0.05) is 0 Å². The Balaban J connectivity index is 2.16. The van der Waals surface area contributed by atoms with Gasteiger partial charge in [0.1, 0.15) is 0 Å². The third-order valence-corrected chi connectivity index (χ3v) is 3.37. The monoisotopic (exact) mass is 187 g/mol. The van der Waals surface area contributed by atoms with E-state index in [1.807, 2.05) is 0 Å². The molecule has 0 aromatic carbocycles. The van der Waals surface area contributed by atoms with Crippen LogP contribution in [0.5, 0.6) is 0 Å². The lowest BCUT2D eigenvalue weighted by Crippen LogP contribution is -2.61. The number of rotatable bonds is 1. The molecule has 1 heterocycles. The molecule has 2 aliphatic rings. The highest BCUT2D eigenvalue weighted by Gasteiger charge is 2.57. The van der Waals surface area contributed by atoms with Crippen LogP contribution in [-0.2, 0) is 0 Å². The molecule has 76 valence electrons. The van der Waals surface area contributed by atoms with Gasteiger partial charge in [-0.25, -0.2) is 0 Å². The number of aliphatic hydroxyl groups excluding tert-OH is 3. The Morgan fingerprint density at radius 3 is 2.46 bits per heavy atom. The smallest absolute Gasteiger partial charge is 0.0927 e. The van der Waals surface area contributed by atoms with Crippen LogP contribution in [0.15, 0.2) is 0 Å². The molecule has 1 aliphatic carbocycles. The summed E-state index contributed by atoms with van der Waals surface area (Å²) < 4.78 is 0. The molecule has 0 aromatic rings. The lowest BCUT2D eigenvalue weighted by Gasteiger charge is -2.41. The van der Waals surface area contributed by atoms with Gasteiger partial charge in [-0.05, 0) is 19.8 Å². The van der Waals surface area contributed by atoms with Crippen molar-refractivity contribution in [3.8, 4) is 0 Å². The Hall–Kier alpha value is -0.160. The average molecular weight is 187 g/mol. The fraction of sp³-hybridized carbons (Fsp3) is 1.00. The molecule has 13 heavy (non-hydrogen) atoms. The number of hydrogen-bond donors (Lipinski definition) is 4. The fourth-order valence-electron chi connectivity index (χ4n) is 2.50. The molecule has 0 amide bonds. The van der Waals surface area contributed by atoms with Gasteiger partial charge >= 0.3 is 0 Å². The van der Waals surface area contributed by atoms with Crippen molar-refractivity contribution >= 4 is 0 Å². The van der Waals surface area contributed by atoms with E-state index in [0.29, 0.717) is 6.54 Å². The van der Waals surface area contributed by atoms with E-state index in [-0.39, 0.29) is 11.5 Å². The number of aliphatic hydroxyl groups is 3. The molecule has 0 radical (unpaired) electrons. The lowest BCUT2D eigenvalue weighted by molar-refractivity contribution is -0.0932. The van der Waals surface area contributed by atoms with E-state index < -0.39 is 18.3 Å². The fourth-order valence-corrected chi connectivity index (χ4v) is 2.50. The topological polar surface area (TPSA) is 72.7 Å². The predicted octanol–water partition coefficient (Wildman–Crippen LogP) is -1.16. The first-order valence-electron chi connectivity index (χ1n) is 4.86. The SMILES string of the molecule is C[C@H](O)[C@@H]1[C@@H](O)[C@H](O)CNC12CC2. The molecule has 0 bridgehead atoms. The van der Waals surface area contributed by atoms with Crippen molar-refractivity contribution in [2.45, 2.75) is 43.6 Å². The van der Waals surface area contributed by atoms with Crippen LogP contribution < -0.4 is 5.32 Å². The normalized spacial score (nSPS) is 44.8. The van der Waals surface area contributed by atoms with Crippen LogP contribution in [0.2, 0.25) is 0 Å². The van der Waals surface area contributed by atoms with Crippen LogP contribution in [0.3, 0.4) is 0 Å². The van der Waals surface area contributed by atoms with Crippen molar-refractivity contribution in [3.05, 3.63) is 0 Å². The Morgan fingerprint density at radius 1 is 1.38 bits per heavy atom. The summed E-state index contributed by atoms with van der Waals surface area (Å²) in [6.07, 6.45) is -0.117. The summed E-state index contributed by atoms with van der Waals surface area (Å²) >= 11 is 0. The number of hydrogen-bond acceptors (Lipinski definition) is 4. The lowest BCUT2D eigenvalue weighted by atomic mass is 9.81. The van der Waals surface area contributed by atoms with Crippen LogP contribution in [0, 0.1) is 5.92 Å². The molecule has 1 saturated carbocycles. The van der Waals surface area contributed by atoms with Crippen LogP contribution in [0.1, 0.15) is 19.8 Å². The Kier molecular flexibility index (Phi) is 2.11. The maximum atomic E-state index is 9.73. The van der Waals surface area contributed by atoms with Gasteiger partial charge in [0.25, 0.3) is 0 Å². The Bertz CT molecular complexity index is 203. The minimum atomic E-state index is -0.788. The first-order valence-corrected chi connectivity index (χ1v) is 4.86. The van der Waals surface area contributed by atoms with Crippen molar-refractivity contribution in [1.29, 1.82) is 0 Å². The minimum absolute atomic E-state index is 0.0905. The third kappa shape index (κ3) is 1.38. The summed E-state index contributed by atoms with van der Waals surface area (Å²) in [5, 5.41) is 31.9. The molecule has 1 spiro atoms. The van der Waals surface area contributed by atoms with E-state index in [1.54, 1.807) is 6.92 Å². The van der Waals surface area contributed by atoms with Crippen molar-refractivity contribution in [3.63, 3.8) is 0 Å². The maximum Gasteiger partial charge on any atom is 0.0927 e. The molecule has 4 atom stereocenters. The van der Waals surface area contributed by atoms with Crippen molar-refractivity contribution in [2.24, 2.45) is 5.92 Å². The van der Waals surface area contributed by atoms with Crippen molar-refractivity contribution < 1.29 is 15.3 Å². The highest BCUT2D eigenvalue weighted by molar-refractivity contribution is 5.14. The molecule has 1 aliphatic heterocycles. The predicted molar refractivity (Wildman–Crippen MR) is 47.2 cm³/mol. The molecular formula is C9H17NO3. The highest BCUT2D eigenvalue weighted by atomic mass is 16.3. The second-order valence-electron chi connectivity index (χ2n) is 4.36. The second-order valence-corrected chi connectivity index (χ2v) is 4.36. The standard InChI is InChI=1S/C9H17NO3/c1-5(11)7-8(13)6(12)4-10-9(7)2-3-9/h5-8,10-13H,2-4H2,1H3/t5-,6+,7+,8-/m0/s1. The summed E-state index contributed by atoms with van der Waals surface area (Å²) in [4.78, 5) is 0. The van der Waals surface area contributed by atoms with Gasteiger partial charge in [0.2, 0.25) is 0 Å². The summed E-state index contributed by atoms with van der Waals surface area (Å²) in [6, 6.07) is 0. The zero-order chi connectivity index (χ0) is 9.64. The second kappa shape index (κ2) is 2.92. The largest absolute Gasteiger partial charge is 0.393 e. The van der Waals surface area contributed by atoms with E-state index in [4.69, 9.17) is 0 Å². The highest BCUT2D eigenvalue weighted by Crippen LogP contribution is 2.47. The molecule has 2 rings (SSSR count). The number of piperidine rings is 1. The average Bonchev–Trinajstić information content (AvgIpc) is 2.79. The summed E-state index contributed by atoms with van der Waals surface area (Å²) in [5.41, 5.74) is -0.0905. The van der Waals surface area contributed by atoms with Gasteiger partial charge < -0.3 is 20.6 Å². The molecule has 4 N–H and O–H groups in total. The van der Waals surface area contributed by atoms with Crippen molar-refractivity contribution in [2.75, 3.05) is 6.54 Å². The van der Waals surface area contributed by atoms with E-state index in [2.05, 4.69) is 5.32 Å². The Labute approximate surface area is 77.6 Å². The van der Waals surface area contributed by atoms with Crippen LogP contribution in [0.25, 0.3) is 0 Å². The van der Waals surface area contributed by atoms with E-state index in [9.17, 15) is 15.3 Å². The van der Waals surface area contributed by atoms with Gasteiger partial charge in [0, 0.05) is 18.0 Å². The van der Waals surface area contributed by atoms with Gasteiger partial charge in [-0.2, -0.15) is 0 Å². The van der Waals surface area contributed by atoms with Gasteiger partial charge in [0.15, 0.2) is 0 Å². The van der Waals surface area contributed by atoms with Gasteiger partial charge in [-0.15, -0.1) is 0 Å². The van der Waals surface area contributed by atoms with E-state index in [0.717, 1.165) is 12.8 Å². The van der Waals surface area contributed by atoms with E-state index in [1.165, 1.54) is 0 Å². The summed E-state index contributed by atoms with van der Waals surface area (Å²) in [5.74, 6) is -0.226. The summed E-state index contributed by atoms with van der Waals surface area (Å²) in [6.45, 7) is 2.11. The zero-order valence-electron chi connectivity index (χ0n) is 7.77. The van der Waals surface area contributed by atoms with Crippen LogP contribution in [0.4, 0.5) is 0 Å². The molecule has 0 aromatic heterocycles. The number of β-amino-alcohol motifs (C(OH)–C–C–N with tert-alkyl or cyclic N) is 1. The van der Waals surface area contributed by atoms with Gasteiger partial charge in [0.05, 0.1) is 18.3 Å². The Morgan fingerprint density at radius 2 is 2.00 bits per heavy atom. The molecule has 4 heteroatoms. The third-order valence-electron chi connectivity index (χ3n) is 3.37. The zero-order valence-corrected chi connectivity index (χ0v) is 7.77. The van der Waals surface area contributed by atoms with Gasteiger partial charge in [-0.3, -0.25) is 0 Å². The minimum Gasteiger partial charge on any atom is -0.393 e. The number of nitrogens with one attached hydrogen (secondary N) is 1. The van der Waals surface area contributed by atoms with Crippen molar-refractivity contribution in [1.82, 2.24) is 5.32 Å². The van der Waals surface area contributed by atoms with E-state index >= 15 is 0 Å². The summed E-state index contributed by atoms with van der Waals surface area (Å²) in [7, 11) is 0. The molecule has 1 saturated heterocycles.